The largest absolute Gasteiger partial charge is 0.310 e. The number of nitrogens with one attached hydrogen (secondary N) is 1. The molecule has 0 aliphatic carbocycles. The molecule has 0 saturated carbocycles. The second-order valence-electron chi connectivity index (χ2n) is 3.57. The van der Waals surface area contributed by atoms with E-state index in [1.165, 1.54) is 15.6 Å². The van der Waals surface area contributed by atoms with Crippen LogP contribution in [0.25, 0.3) is 0 Å². The first kappa shape index (κ1) is 10.7. The Hall–Kier alpha value is -0.340. The normalized spacial score (nSPS) is 10.8. The standard InChI is InChI=1S/C11H16BrN/c1-8(2)13-7-10-9(3)5-4-6-11(10)12/h4-6,8,13H,7H2,1-3H3. The van der Waals surface area contributed by atoms with E-state index in [0.717, 1.165) is 6.54 Å². The molecule has 2 heteroatoms. The number of aryl methyl sites for hydroxylation is 1. The Bertz CT molecular complexity index is 261. The minimum Gasteiger partial charge on any atom is -0.310 e. The molecule has 1 aromatic rings. The number of hydrogen-bond donors (Lipinski definition) is 1. The zero-order valence-corrected chi connectivity index (χ0v) is 9.98. The van der Waals surface area contributed by atoms with Crippen molar-refractivity contribution in [3.63, 3.8) is 0 Å². The van der Waals surface area contributed by atoms with E-state index in [-0.39, 0.29) is 0 Å². The first-order valence-electron chi connectivity index (χ1n) is 4.58. The Kier molecular flexibility index (Phi) is 3.94. The van der Waals surface area contributed by atoms with Crippen LogP contribution in [-0.2, 0) is 6.54 Å². The summed E-state index contributed by atoms with van der Waals surface area (Å²) in [6.45, 7) is 7.39. The van der Waals surface area contributed by atoms with Crippen molar-refractivity contribution in [1.29, 1.82) is 0 Å². The van der Waals surface area contributed by atoms with Crippen LogP contribution in [0.5, 0.6) is 0 Å². The molecule has 0 amide bonds. The molecule has 0 spiro atoms. The summed E-state index contributed by atoms with van der Waals surface area (Å²) >= 11 is 3.56. The third-order valence-electron chi connectivity index (χ3n) is 2.04. The highest BCUT2D eigenvalue weighted by molar-refractivity contribution is 9.10. The van der Waals surface area contributed by atoms with E-state index in [0.29, 0.717) is 6.04 Å². The molecule has 0 bridgehead atoms. The molecule has 72 valence electrons. The van der Waals surface area contributed by atoms with Crippen molar-refractivity contribution in [2.45, 2.75) is 33.4 Å². The summed E-state index contributed by atoms with van der Waals surface area (Å²) < 4.78 is 1.20. The summed E-state index contributed by atoms with van der Waals surface area (Å²) in [7, 11) is 0. The van der Waals surface area contributed by atoms with Gasteiger partial charge in [0.15, 0.2) is 0 Å². The number of halogens is 1. The lowest BCUT2D eigenvalue weighted by atomic mass is 10.1. The van der Waals surface area contributed by atoms with Gasteiger partial charge >= 0.3 is 0 Å². The van der Waals surface area contributed by atoms with Crippen LogP contribution in [0.4, 0.5) is 0 Å². The van der Waals surface area contributed by atoms with Crippen molar-refractivity contribution in [3.05, 3.63) is 33.8 Å². The van der Waals surface area contributed by atoms with E-state index in [9.17, 15) is 0 Å². The van der Waals surface area contributed by atoms with Gasteiger partial charge < -0.3 is 5.32 Å². The molecule has 0 fully saturated rings. The molecule has 0 atom stereocenters. The minimum absolute atomic E-state index is 0.534. The average Bonchev–Trinajstić information content (AvgIpc) is 2.03. The van der Waals surface area contributed by atoms with Crippen LogP contribution in [0.15, 0.2) is 22.7 Å². The lowest BCUT2D eigenvalue weighted by Crippen LogP contribution is -2.22. The molecule has 13 heavy (non-hydrogen) atoms. The quantitative estimate of drug-likeness (QED) is 0.857. The van der Waals surface area contributed by atoms with Crippen molar-refractivity contribution in [3.8, 4) is 0 Å². The summed E-state index contributed by atoms with van der Waals surface area (Å²) in [5.74, 6) is 0. The molecule has 0 saturated heterocycles. The summed E-state index contributed by atoms with van der Waals surface area (Å²) in [5.41, 5.74) is 2.69. The van der Waals surface area contributed by atoms with Gasteiger partial charge in [0.1, 0.15) is 0 Å². The highest BCUT2D eigenvalue weighted by Gasteiger charge is 2.02. The van der Waals surface area contributed by atoms with Gasteiger partial charge in [-0.05, 0) is 24.1 Å². The Morgan fingerprint density at radius 1 is 1.38 bits per heavy atom. The van der Waals surface area contributed by atoms with Crippen LogP contribution in [-0.4, -0.2) is 6.04 Å². The highest BCUT2D eigenvalue weighted by atomic mass is 79.9. The Labute approximate surface area is 88.7 Å². The van der Waals surface area contributed by atoms with Crippen LogP contribution in [0.3, 0.4) is 0 Å². The first-order valence-corrected chi connectivity index (χ1v) is 5.38. The van der Waals surface area contributed by atoms with Crippen LogP contribution in [0.2, 0.25) is 0 Å². The molecule has 0 aliphatic rings. The van der Waals surface area contributed by atoms with Gasteiger partial charge in [0.2, 0.25) is 0 Å². The fraction of sp³-hybridized carbons (Fsp3) is 0.455. The highest BCUT2D eigenvalue weighted by Crippen LogP contribution is 2.19. The summed E-state index contributed by atoms with van der Waals surface area (Å²) in [6, 6.07) is 6.83. The molecule has 0 heterocycles. The molecular formula is C11H16BrN. The van der Waals surface area contributed by atoms with E-state index in [4.69, 9.17) is 0 Å². The lowest BCUT2D eigenvalue weighted by molar-refractivity contribution is 0.586. The van der Waals surface area contributed by atoms with Crippen LogP contribution in [0, 0.1) is 6.92 Å². The Balaban J connectivity index is 2.75. The molecule has 0 aromatic heterocycles. The average molecular weight is 242 g/mol. The molecule has 1 nitrogen and oxygen atoms in total. The van der Waals surface area contributed by atoms with E-state index in [1.807, 2.05) is 0 Å². The summed E-state index contributed by atoms with van der Waals surface area (Å²) in [5, 5.41) is 3.41. The van der Waals surface area contributed by atoms with Gasteiger partial charge in [-0.3, -0.25) is 0 Å². The molecule has 0 aliphatic heterocycles. The SMILES string of the molecule is Cc1cccc(Br)c1CNC(C)C. The predicted molar refractivity (Wildman–Crippen MR) is 60.9 cm³/mol. The molecule has 0 unspecified atom stereocenters. The van der Waals surface area contributed by atoms with Gasteiger partial charge in [-0.15, -0.1) is 0 Å². The van der Waals surface area contributed by atoms with Gasteiger partial charge in [-0.2, -0.15) is 0 Å². The third-order valence-corrected chi connectivity index (χ3v) is 2.78. The Morgan fingerprint density at radius 3 is 2.62 bits per heavy atom. The molecule has 1 aromatic carbocycles. The van der Waals surface area contributed by atoms with Crippen LogP contribution >= 0.6 is 15.9 Å². The fourth-order valence-corrected chi connectivity index (χ4v) is 1.80. The van der Waals surface area contributed by atoms with E-state index >= 15 is 0 Å². The van der Waals surface area contributed by atoms with Gasteiger partial charge in [0.05, 0.1) is 0 Å². The van der Waals surface area contributed by atoms with E-state index in [1.54, 1.807) is 0 Å². The van der Waals surface area contributed by atoms with Crippen molar-refractivity contribution in [1.82, 2.24) is 5.32 Å². The van der Waals surface area contributed by atoms with Crippen molar-refractivity contribution in [2.75, 3.05) is 0 Å². The first-order chi connectivity index (χ1) is 6.11. The zero-order chi connectivity index (χ0) is 9.84. The van der Waals surface area contributed by atoms with E-state index in [2.05, 4.69) is 60.2 Å². The zero-order valence-electron chi connectivity index (χ0n) is 8.39. The van der Waals surface area contributed by atoms with Crippen molar-refractivity contribution >= 4 is 15.9 Å². The molecule has 0 radical (unpaired) electrons. The van der Waals surface area contributed by atoms with Crippen molar-refractivity contribution in [2.24, 2.45) is 0 Å². The maximum Gasteiger partial charge on any atom is 0.0222 e. The second kappa shape index (κ2) is 4.77. The van der Waals surface area contributed by atoms with E-state index < -0.39 is 0 Å². The van der Waals surface area contributed by atoms with Gasteiger partial charge in [-0.25, -0.2) is 0 Å². The topological polar surface area (TPSA) is 12.0 Å². The summed E-state index contributed by atoms with van der Waals surface area (Å²) in [4.78, 5) is 0. The smallest absolute Gasteiger partial charge is 0.0222 e. The lowest BCUT2D eigenvalue weighted by Gasteiger charge is -2.11. The Morgan fingerprint density at radius 2 is 2.08 bits per heavy atom. The maximum atomic E-state index is 3.56. The molecule has 1 rings (SSSR count). The van der Waals surface area contributed by atoms with Gasteiger partial charge in [-0.1, -0.05) is 41.9 Å². The third kappa shape index (κ3) is 3.12. The minimum atomic E-state index is 0.534. The molecular weight excluding hydrogens is 226 g/mol. The number of benzene rings is 1. The van der Waals surface area contributed by atoms with Gasteiger partial charge in [0.25, 0.3) is 0 Å². The number of hydrogen-bond acceptors (Lipinski definition) is 1. The number of rotatable bonds is 3. The fourth-order valence-electron chi connectivity index (χ4n) is 1.20. The predicted octanol–water partition coefficient (Wildman–Crippen LogP) is 3.26. The second-order valence-corrected chi connectivity index (χ2v) is 4.43. The monoisotopic (exact) mass is 241 g/mol. The maximum absolute atomic E-state index is 3.56. The summed E-state index contributed by atoms with van der Waals surface area (Å²) in [6.07, 6.45) is 0. The molecule has 1 N–H and O–H groups in total. The van der Waals surface area contributed by atoms with Crippen molar-refractivity contribution < 1.29 is 0 Å². The van der Waals surface area contributed by atoms with Gasteiger partial charge in [0, 0.05) is 17.1 Å². The van der Waals surface area contributed by atoms with Crippen LogP contribution in [0.1, 0.15) is 25.0 Å². The van der Waals surface area contributed by atoms with Crippen LogP contribution < -0.4 is 5.32 Å².